The maximum atomic E-state index is 14.5. The molecule has 1 aromatic rings. The van der Waals surface area contributed by atoms with Gasteiger partial charge in [0.2, 0.25) is 10.0 Å². The molecule has 2 unspecified atom stereocenters. The fourth-order valence-corrected chi connectivity index (χ4v) is 3.15. The van der Waals surface area contributed by atoms with E-state index in [9.17, 15) is 26.0 Å². The molecule has 2 atom stereocenters. The monoisotopic (exact) mass is 433 g/mol. The van der Waals surface area contributed by atoms with Crippen LogP contribution < -0.4 is 5.14 Å². The van der Waals surface area contributed by atoms with Crippen LogP contribution in [-0.2, 0) is 10.0 Å². The van der Waals surface area contributed by atoms with Crippen molar-refractivity contribution < 1.29 is 26.0 Å². The minimum Gasteiger partial charge on any atom is -0.258 e. The normalized spacial score (nSPS) is 19.7. The Morgan fingerprint density at radius 3 is 2.59 bits per heavy atom. The molecule has 2 N–H and O–H groups in total. The van der Waals surface area contributed by atoms with Gasteiger partial charge >= 0.3 is 6.18 Å². The first-order valence-corrected chi connectivity index (χ1v) is 10.6. The average Bonchev–Trinajstić information content (AvgIpc) is 3.02. The predicted octanol–water partition coefficient (Wildman–Crippen LogP) is 4.33. The van der Waals surface area contributed by atoms with Gasteiger partial charge in [-0.15, -0.1) is 0 Å². The lowest BCUT2D eigenvalue weighted by molar-refractivity contribution is -0.0601. The summed E-state index contributed by atoms with van der Waals surface area (Å²) in [5.74, 6) is -0.628. The Morgan fingerprint density at radius 2 is 2.07 bits per heavy atom. The van der Waals surface area contributed by atoms with Crippen molar-refractivity contribution in [3.05, 3.63) is 59.1 Å². The fourth-order valence-electron chi connectivity index (χ4n) is 2.86. The van der Waals surface area contributed by atoms with Crippen LogP contribution in [-0.4, -0.2) is 30.6 Å². The molecule has 0 fully saturated rings. The molecule has 0 saturated carbocycles. The summed E-state index contributed by atoms with van der Waals surface area (Å²) in [6.45, 7) is 4.79. The minimum atomic E-state index is -4.66. The summed E-state index contributed by atoms with van der Waals surface area (Å²) < 4.78 is 77.4. The third kappa shape index (κ3) is 5.66. The second-order valence-corrected chi connectivity index (χ2v) is 8.75. The number of alkyl halides is 3. The predicted molar refractivity (Wildman–Crippen MR) is 104 cm³/mol. The number of allylic oxidation sites excluding steroid dienone is 2. The summed E-state index contributed by atoms with van der Waals surface area (Å²) in [6, 6.07) is 3.29. The van der Waals surface area contributed by atoms with Crippen LogP contribution >= 0.6 is 0 Å². The van der Waals surface area contributed by atoms with E-state index in [2.05, 4.69) is 5.10 Å². The smallest absolute Gasteiger partial charge is 0.258 e. The van der Waals surface area contributed by atoms with Crippen LogP contribution in [0.4, 0.5) is 17.6 Å². The summed E-state index contributed by atoms with van der Waals surface area (Å²) in [4.78, 5) is 0. The summed E-state index contributed by atoms with van der Waals surface area (Å²) >= 11 is 0. The van der Waals surface area contributed by atoms with Gasteiger partial charge in [-0.25, -0.2) is 17.9 Å². The van der Waals surface area contributed by atoms with Gasteiger partial charge < -0.3 is 0 Å². The minimum absolute atomic E-state index is 0.0773. The Hall–Kier alpha value is -2.20. The lowest BCUT2D eigenvalue weighted by Crippen LogP contribution is -2.24. The third-order valence-corrected chi connectivity index (χ3v) is 5.68. The Kier molecular flexibility index (Phi) is 6.89. The number of sulfonamides is 1. The zero-order chi connectivity index (χ0) is 22.0. The van der Waals surface area contributed by atoms with Crippen LogP contribution in [0.25, 0.3) is 0 Å². The molecular weight excluding hydrogens is 410 g/mol. The molecule has 0 radical (unpaired) electrons. The van der Waals surface area contributed by atoms with Crippen molar-refractivity contribution in [1.82, 2.24) is 5.01 Å². The number of rotatable bonds is 6. The molecule has 10 heteroatoms. The largest absolute Gasteiger partial charge is 0.431 e. The van der Waals surface area contributed by atoms with E-state index < -0.39 is 45.4 Å². The number of nitrogens with two attached hydrogens (primary N) is 1. The van der Waals surface area contributed by atoms with E-state index in [4.69, 9.17) is 5.14 Å². The van der Waals surface area contributed by atoms with E-state index in [1.165, 1.54) is 31.2 Å². The number of primary sulfonamides is 1. The fraction of sp³-hybridized carbons (Fsp3) is 0.421. The lowest BCUT2D eigenvalue weighted by atomic mass is 9.99. The van der Waals surface area contributed by atoms with E-state index in [0.29, 0.717) is 12.0 Å². The average molecular weight is 433 g/mol. The van der Waals surface area contributed by atoms with Gasteiger partial charge in [-0.1, -0.05) is 31.2 Å². The SMILES string of the molecule is CC/C=C(\C=C/C(C)S(N)(=O)=O)N1N=C(C(F)(F)F)CC1c1ccc(C)cc1F. The van der Waals surface area contributed by atoms with Gasteiger partial charge in [0.05, 0.1) is 17.0 Å². The molecule has 1 aliphatic rings. The molecule has 160 valence electrons. The van der Waals surface area contributed by atoms with Gasteiger partial charge in [0.25, 0.3) is 0 Å². The maximum absolute atomic E-state index is 14.5. The van der Waals surface area contributed by atoms with Crippen molar-refractivity contribution in [3.63, 3.8) is 0 Å². The molecule has 5 nitrogen and oxygen atoms in total. The maximum Gasteiger partial charge on any atom is 0.431 e. The Bertz CT molecular complexity index is 953. The van der Waals surface area contributed by atoms with Gasteiger partial charge in [0.15, 0.2) is 0 Å². The van der Waals surface area contributed by atoms with Crippen molar-refractivity contribution in [1.29, 1.82) is 0 Å². The van der Waals surface area contributed by atoms with Gasteiger partial charge in [0.1, 0.15) is 11.5 Å². The van der Waals surface area contributed by atoms with Crippen molar-refractivity contribution in [2.45, 2.75) is 51.1 Å². The standard InChI is InChI=1S/C19H23F4N3O2S/c1-4-5-14(8-7-13(3)29(24,27)28)26-17(11-18(25-26)19(21,22)23)15-9-6-12(2)10-16(15)20/h5-10,13,17H,4,11H2,1-3H3,(H2,24,27,28)/b8-7-,14-5+. The van der Waals surface area contributed by atoms with E-state index in [1.807, 2.05) is 0 Å². The van der Waals surface area contributed by atoms with Crippen LogP contribution in [0.3, 0.4) is 0 Å². The van der Waals surface area contributed by atoms with Crippen LogP contribution in [0, 0.1) is 12.7 Å². The first-order valence-electron chi connectivity index (χ1n) is 8.94. The molecule has 1 aliphatic heterocycles. The molecule has 29 heavy (non-hydrogen) atoms. The summed E-state index contributed by atoms with van der Waals surface area (Å²) in [6.07, 6.45) is -0.540. The van der Waals surface area contributed by atoms with E-state index in [-0.39, 0.29) is 11.3 Å². The Balaban J connectivity index is 2.52. The zero-order valence-electron chi connectivity index (χ0n) is 16.2. The molecule has 0 saturated heterocycles. The van der Waals surface area contributed by atoms with Gasteiger partial charge in [-0.3, -0.25) is 5.01 Å². The van der Waals surface area contributed by atoms with Crippen molar-refractivity contribution in [3.8, 4) is 0 Å². The number of nitrogens with zero attached hydrogens (tertiary/aromatic N) is 2. The molecule has 0 amide bonds. The quantitative estimate of drug-likeness (QED) is 0.536. The van der Waals surface area contributed by atoms with Crippen molar-refractivity contribution >= 4 is 15.7 Å². The second-order valence-electron chi connectivity index (χ2n) is 6.82. The first kappa shape index (κ1) is 23.1. The zero-order valence-corrected chi connectivity index (χ0v) is 17.1. The second kappa shape index (κ2) is 8.66. The lowest BCUT2D eigenvalue weighted by Gasteiger charge is -2.25. The number of benzene rings is 1. The topological polar surface area (TPSA) is 75.8 Å². The van der Waals surface area contributed by atoms with E-state index >= 15 is 0 Å². The summed E-state index contributed by atoms with van der Waals surface area (Å²) in [5, 5.41) is 8.82. The van der Waals surface area contributed by atoms with Gasteiger partial charge in [-0.2, -0.15) is 18.3 Å². The van der Waals surface area contributed by atoms with Crippen LogP contribution in [0.5, 0.6) is 0 Å². The molecule has 0 aliphatic carbocycles. The molecule has 1 aromatic carbocycles. The molecular formula is C19H23F4N3O2S. The number of halogens is 4. The number of hydrogen-bond donors (Lipinski definition) is 1. The van der Waals surface area contributed by atoms with Crippen molar-refractivity contribution in [2.75, 3.05) is 0 Å². The van der Waals surface area contributed by atoms with E-state index in [0.717, 1.165) is 5.01 Å². The molecule has 0 spiro atoms. The first-order chi connectivity index (χ1) is 13.3. The van der Waals surface area contributed by atoms with E-state index in [1.54, 1.807) is 26.0 Å². The highest BCUT2D eigenvalue weighted by molar-refractivity contribution is 7.89. The Morgan fingerprint density at radius 1 is 1.41 bits per heavy atom. The Labute approximate surface area is 167 Å². The van der Waals surface area contributed by atoms with Crippen LogP contribution in [0.15, 0.2) is 47.2 Å². The van der Waals surface area contributed by atoms with Crippen LogP contribution in [0.1, 0.15) is 43.9 Å². The molecule has 1 heterocycles. The number of hydrogen-bond acceptors (Lipinski definition) is 4. The number of hydrazone groups is 1. The molecule has 2 rings (SSSR count). The summed E-state index contributed by atoms with van der Waals surface area (Å²) in [5.41, 5.74) is -0.0861. The number of aryl methyl sites for hydroxylation is 1. The van der Waals surface area contributed by atoms with Gasteiger partial charge in [-0.05, 0) is 38.0 Å². The molecule has 0 bridgehead atoms. The van der Waals surface area contributed by atoms with Gasteiger partial charge in [0, 0.05) is 12.0 Å². The highest BCUT2D eigenvalue weighted by Gasteiger charge is 2.44. The highest BCUT2D eigenvalue weighted by atomic mass is 32.2. The highest BCUT2D eigenvalue weighted by Crippen LogP contribution is 2.39. The third-order valence-electron chi connectivity index (χ3n) is 4.49. The van der Waals surface area contributed by atoms with Crippen molar-refractivity contribution in [2.24, 2.45) is 10.2 Å². The van der Waals surface area contributed by atoms with Crippen LogP contribution in [0.2, 0.25) is 0 Å². The summed E-state index contributed by atoms with van der Waals surface area (Å²) in [7, 11) is -3.86. The molecule has 0 aromatic heterocycles.